The van der Waals surface area contributed by atoms with E-state index in [1.807, 2.05) is 12.1 Å². The van der Waals surface area contributed by atoms with Crippen LogP contribution in [0.1, 0.15) is 10.5 Å². The molecular weight excluding hydrogens is 362 g/mol. The highest BCUT2D eigenvalue weighted by atomic mass is 16.6. The number of aromatic nitrogens is 2. The van der Waals surface area contributed by atoms with E-state index in [1.54, 1.807) is 44.6 Å². The number of aromatic amines is 1. The van der Waals surface area contributed by atoms with E-state index in [0.29, 0.717) is 53.3 Å². The van der Waals surface area contributed by atoms with Gasteiger partial charge in [0.1, 0.15) is 30.4 Å². The van der Waals surface area contributed by atoms with Crippen LogP contribution in [0.2, 0.25) is 0 Å². The van der Waals surface area contributed by atoms with E-state index in [2.05, 4.69) is 15.5 Å². The summed E-state index contributed by atoms with van der Waals surface area (Å²) in [6.45, 7) is 1.00. The van der Waals surface area contributed by atoms with Crippen molar-refractivity contribution in [1.82, 2.24) is 10.2 Å². The Morgan fingerprint density at radius 2 is 1.86 bits per heavy atom. The summed E-state index contributed by atoms with van der Waals surface area (Å²) in [4.78, 5) is 12.6. The number of carbonyl (C=O) groups excluding carboxylic acids is 1. The van der Waals surface area contributed by atoms with Crippen LogP contribution in [0.15, 0.2) is 42.5 Å². The van der Waals surface area contributed by atoms with Crippen LogP contribution in [0.25, 0.3) is 11.3 Å². The number of methoxy groups -OCH3 is 2. The van der Waals surface area contributed by atoms with Crippen LogP contribution >= 0.6 is 0 Å². The van der Waals surface area contributed by atoms with Crippen molar-refractivity contribution in [3.8, 4) is 34.3 Å². The normalized spacial score (nSPS) is 12.4. The van der Waals surface area contributed by atoms with E-state index in [1.165, 1.54) is 0 Å². The van der Waals surface area contributed by atoms with Gasteiger partial charge >= 0.3 is 0 Å². The number of amides is 1. The van der Waals surface area contributed by atoms with E-state index < -0.39 is 0 Å². The summed E-state index contributed by atoms with van der Waals surface area (Å²) in [5, 5.41) is 9.82. The van der Waals surface area contributed by atoms with E-state index in [0.717, 1.165) is 5.56 Å². The second-order valence-electron chi connectivity index (χ2n) is 6.05. The van der Waals surface area contributed by atoms with Crippen LogP contribution in [0, 0.1) is 0 Å². The topological polar surface area (TPSA) is 94.7 Å². The summed E-state index contributed by atoms with van der Waals surface area (Å²) in [6.07, 6.45) is 0. The maximum Gasteiger partial charge on any atom is 0.273 e. The van der Waals surface area contributed by atoms with Crippen LogP contribution in [-0.4, -0.2) is 43.5 Å². The van der Waals surface area contributed by atoms with Gasteiger partial charge in [0, 0.05) is 23.4 Å². The predicted octanol–water partition coefficient (Wildman–Crippen LogP) is 3.12. The number of ether oxygens (including phenoxy) is 4. The number of hydrogen-bond donors (Lipinski definition) is 2. The van der Waals surface area contributed by atoms with Gasteiger partial charge < -0.3 is 24.3 Å². The van der Waals surface area contributed by atoms with Crippen molar-refractivity contribution in [2.24, 2.45) is 0 Å². The molecule has 0 aliphatic carbocycles. The lowest BCUT2D eigenvalue weighted by molar-refractivity contribution is 0.102. The average Bonchev–Trinajstić information content (AvgIpc) is 3.23. The molecule has 0 saturated heterocycles. The molecule has 1 aliphatic heterocycles. The van der Waals surface area contributed by atoms with Crippen molar-refractivity contribution in [2.45, 2.75) is 0 Å². The molecule has 28 heavy (non-hydrogen) atoms. The third kappa shape index (κ3) is 3.44. The van der Waals surface area contributed by atoms with Crippen LogP contribution < -0.4 is 24.3 Å². The molecule has 0 saturated carbocycles. The first kappa shape index (κ1) is 17.7. The van der Waals surface area contributed by atoms with Crippen molar-refractivity contribution < 1.29 is 23.7 Å². The molecule has 3 aromatic rings. The molecule has 2 aromatic carbocycles. The quantitative estimate of drug-likeness (QED) is 0.705. The molecule has 8 heteroatoms. The zero-order valence-corrected chi connectivity index (χ0v) is 15.4. The van der Waals surface area contributed by atoms with Gasteiger partial charge in [0.25, 0.3) is 5.91 Å². The zero-order valence-electron chi connectivity index (χ0n) is 15.4. The van der Waals surface area contributed by atoms with Gasteiger partial charge in [-0.3, -0.25) is 9.89 Å². The van der Waals surface area contributed by atoms with E-state index in [-0.39, 0.29) is 5.91 Å². The molecule has 0 bridgehead atoms. The molecule has 144 valence electrons. The zero-order chi connectivity index (χ0) is 19.5. The molecule has 8 nitrogen and oxygen atoms in total. The molecule has 4 rings (SSSR count). The van der Waals surface area contributed by atoms with Gasteiger partial charge in [-0.15, -0.1) is 0 Å². The Balaban J connectivity index is 1.53. The summed E-state index contributed by atoms with van der Waals surface area (Å²) in [5.41, 5.74) is 2.26. The first-order valence-corrected chi connectivity index (χ1v) is 8.67. The number of rotatable bonds is 5. The molecular formula is C20H19N3O5. The highest BCUT2D eigenvalue weighted by Gasteiger charge is 2.17. The molecule has 0 unspecified atom stereocenters. The minimum atomic E-state index is -0.317. The highest BCUT2D eigenvalue weighted by Crippen LogP contribution is 2.34. The Morgan fingerprint density at radius 3 is 2.64 bits per heavy atom. The Bertz CT molecular complexity index is 1010. The first-order chi connectivity index (χ1) is 13.7. The van der Waals surface area contributed by atoms with Gasteiger partial charge in [-0.05, 0) is 30.3 Å². The van der Waals surface area contributed by atoms with Crippen LogP contribution in [0.5, 0.6) is 23.0 Å². The molecule has 2 heterocycles. The van der Waals surface area contributed by atoms with Gasteiger partial charge in [0.2, 0.25) is 0 Å². The largest absolute Gasteiger partial charge is 0.497 e. The first-order valence-electron chi connectivity index (χ1n) is 8.67. The summed E-state index contributed by atoms with van der Waals surface area (Å²) in [7, 11) is 3.16. The number of nitrogens with one attached hydrogen (secondary N) is 2. The number of carbonyl (C=O) groups is 1. The monoisotopic (exact) mass is 381 g/mol. The Labute approximate surface area is 161 Å². The molecule has 0 atom stereocenters. The molecule has 1 aliphatic rings. The maximum atomic E-state index is 12.6. The minimum absolute atomic E-state index is 0.317. The smallest absolute Gasteiger partial charge is 0.273 e. The second-order valence-corrected chi connectivity index (χ2v) is 6.05. The number of nitrogens with zero attached hydrogens (tertiary/aromatic N) is 1. The molecule has 0 radical (unpaired) electrons. The lowest BCUT2D eigenvalue weighted by Crippen LogP contribution is -2.16. The average molecular weight is 381 g/mol. The van der Waals surface area contributed by atoms with Crippen LogP contribution in [-0.2, 0) is 0 Å². The number of benzene rings is 2. The fourth-order valence-electron chi connectivity index (χ4n) is 2.91. The predicted molar refractivity (Wildman–Crippen MR) is 103 cm³/mol. The van der Waals surface area contributed by atoms with E-state index >= 15 is 0 Å². The number of fused-ring (bicyclic) bond motifs is 1. The van der Waals surface area contributed by atoms with Crippen molar-refractivity contribution in [2.75, 3.05) is 32.8 Å². The van der Waals surface area contributed by atoms with Gasteiger partial charge in [-0.2, -0.15) is 5.10 Å². The summed E-state index contributed by atoms with van der Waals surface area (Å²) in [6, 6.07) is 12.3. The standard InChI is InChI=1S/C20H19N3O5/c1-25-13-4-5-14(18(10-13)26-2)15-11-16(23-22-15)20(24)21-12-3-6-17-19(9-12)28-8-7-27-17/h3-6,9-11H,7-8H2,1-2H3,(H,21,24)(H,22,23). The number of hydrogen-bond acceptors (Lipinski definition) is 6. The molecule has 1 aromatic heterocycles. The lowest BCUT2D eigenvalue weighted by atomic mass is 10.1. The molecule has 0 fully saturated rings. The Morgan fingerprint density at radius 1 is 1.04 bits per heavy atom. The van der Waals surface area contributed by atoms with Gasteiger partial charge in [-0.1, -0.05) is 0 Å². The Hall–Kier alpha value is -3.68. The Kier molecular flexibility index (Phi) is 4.76. The summed E-state index contributed by atoms with van der Waals surface area (Å²) < 4.78 is 21.6. The van der Waals surface area contributed by atoms with Crippen molar-refractivity contribution in [3.63, 3.8) is 0 Å². The van der Waals surface area contributed by atoms with E-state index in [9.17, 15) is 4.79 Å². The fourth-order valence-corrected chi connectivity index (χ4v) is 2.91. The van der Waals surface area contributed by atoms with Gasteiger partial charge in [0.15, 0.2) is 11.5 Å². The van der Waals surface area contributed by atoms with Crippen molar-refractivity contribution in [3.05, 3.63) is 48.2 Å². The highest BCUT2D eigenvalue weighted by molar-refractivity contribution is 6.03. The van der Waals surface area contributed by atoms with Crippen molar-refractivity contribution >= 4 is 11.6 Å². The lowest BCUT2D eigenvalue weighted by Gasteiger charge is -2.18. The fraction of sp³-hybridized carbons (Fsp3) is 0.200. The number of anilines is 1. The van der Waals surface area contributed by atoms with Gasteiger partial charge in [0.05, 0.1) is 19.9 Å². The van der Waals surface area contributed by atoms with Crippen LogP contribution in [0.4, 0.5) is 5.69 Å². The number of H-pyrrole nitrogens is 1. The molecule has 1 amide bonds. The SMILES string of the molecule is COc1ccc(-c2cc(C(=O)Nc3ccc4c(c3)OCCO4)[nH]n2)c(OC)c1. The summed E-state index contributed by atoms with van der Waals surface area (Å²) >= 11 is 0. The third-order valence-corrected chi connectivity index (χ3v) is 4.31. The minimum Gasteiger partial charge on any atom is -0.497 e. The molecule has 2 N–H and O–H groups in total. The third-order valence-electron chi connectivity index (χ3n) is 4.31. The second kappa shape index (κ2) is 7.51. The molecule has 0 spiro atoms. The van der Waals surface area contributed by atoms with Gasteiger partial charge in [-0.25, -0.2) is 0 Å². The van der Waals surface area contributed by atoms with E-state index in [4.69, 9.17) is 18.9 Å². The summed E-state index contributed by atoms with van der Waals surface area (Å²) in [5.74, 6) is 2.23. The van der Waals surface area contributed by atoms with Crippen molar-refractivity contribution in [1.29, 1.82) is 0 Å². The maximum absolute atomic E-state index is 12.6. The van der Waals surface area contributed by atoms with Crippen LogP contribution in [0.3, 0.4) is 0 Å².